The molecular weight excluding hydrogens is 338 g/mol. The number of rotatable bonds is 6. The number of pyridine rings is 1. The molecule has 25 heavy (non-hydrogen) atoms. The van der Waals surface area contributed by atoms with Gasteiger partial charge in [0.2, 0.25) is 0 Å². The fourth-order valence-electron chi connectivity index (χ4n) is 2.78. The number of anilines is 1. The molecule has 0 aromatic carbocycles. The van der Waals surface area contributed by atoms with Crippen molar-refractivity contribution < 1.29 is 14.3 Å². The number of hydrogen-bond acceptors (Lipinski definition) is 6. The van der Waals surface area contributed by atoms with E-state index in [0.717, 1.165) is 30.8 Å². The van der Waals surface area contributed by atoms with Gasteiger partial charge in [0.25, 0.3) is 5.91 Å². The van der Waals surface area contributed by atoms with Crippen LogP contribution in [-0.2, 0) is 16.1 Å². The fraction of sp³-hybridized carbons (Fsp3) is 0.389. The molecule has 1 amide bonds. The number of esters is 1. The predicted octanol–water partition coefficient (Wildman–Crippen LogP) is 2.56. The van der Waals surface area contributed by atoms with Gasteiger partial charge < -0.3 is 14.5 Å². The Labute approximate surface area is 151 Å². The van der Waals surface area contributed by atoms with E-state index in [1.165, 1.54) is 0 Å². The Morgan fingerprint density at radius 3 is 2.80 bits per heavy atom. The molecule has 0 N–H and O–H groups in total. The lowest BCUT2D eigenvalue weighted by atomic mass is 10.2. The summed E-state index contributed by atoms with van der Waals surface area (Å²) in [5.41, 5.74) is 0.415. The fourth-order valence-corrected chi connectivity index (χ4v) is 3.53. The number of hydrogen-bond donors (Lipinski definition) is 0. The number of amides is 1. The molecule has 0 radical (unpaired) electrons. The molecule has 1 fully saturated rings. The highest BCUT2D eigenvalue weighted by Gasteiger charge is 2.22. The van der Waals surface area contributed by atoms with Gasteiger partial charge >= 0.3 is 5.97 Å². The quantitative estimate of drug-likeness (QED) is 0.742. The summed E-state index contributed by atoms with van der Waals surface area (Å²) >= 11 is 1.59. The number of aromatic nitrogens is 1. The number of likely N-dealkylation sites (N-methyl/N-ethyl adjacent to an activating group) is 1. The maximum absolute atomic E-state index is 12.4. The summed E-state index contributed by atoms with van der Waals surface area (Å²) in [4.78, 5) is 33.6. The van der Waals surface area contributed by atoms with Crippen molar-refractivity contribution in [1.29, 1.82) is 0 Å². The lowest BCUT2D eigenvalue weighted by Crippen LogP contribution is -2.31. The third-order valence-electron chi connectivity index (χ3n) is 4.14. The van der Waals surface area contributed by atoms with Gasteiger partial charge in [-0.1, -0.05) is 6.07 Å². The topological polar surface area (TPSA) is 62.7 Å². The van der Waals surface area contributed by atoms with Crippen LogP contribution in [0, 0.1) is 0 Å². The molecule has 3 rings (SSSR count). The summed E-state index contributed by atoms with van der Waals surface area (Å²) in [6.07, 6.45) is 3.86. The van der Waals surface area contributed by atoms with Crippen LogP contribution in [-0.4, -0.2) is 48.5 Å². The van der Waals surface area contributed by atoms with E-state index in [2.05, 4.69) is 9.88 Å². The number of carbonyl (C=O) groups is 2. The normalized spacial score (nSPS) is 13.7. The first-order valence-electron chi connectivity index (χ1n) is 8.28. The molecule has 1 aliphatic rings. The van der Waals surface area contributed by atoms with Crippen molar-refractivity contribution in [1.82, 2.24) is 9.88 Å². The second-order valence-corrected chi connectivity index (χ2v) is 7.01. The first kappa shape index (κ1) is 17.4. The first-order valence-corrected chi connectivity index (χ1v) is 9.16. The Hall–Kier alpha value is -2.41. The van der Waals surface area contributed by atoms with Crippen LogP contribution >= 0.6 is 11.3 Å². The molecule has 0 saturated carbocycles. The predicted molar refractivity (Wildman–Crippen MR) is 96.8 cm³/mol. The summed E-state index contributed by atoms with van der Waals surface area (Å²) in [5, 5.41) is 1.97. The largest absolute Gasteiger partial charge is 0.452 e. The summed E-state index contributed by atoms with van der Waals surface area (Å²) < 4.78 is 5.24. The van der Waals surface area contributed by atoms with Crippen molar-refractivity contribution >= 4 is 29.0 Å². The van der Waals surface area contributed by atoms with Gasteiger partial charge in [-0.05, 0) is 36.4 Å². The van der Waals surface area contributed by atoms with Gasteiger partial charge in [0.1, 0.15) is 11.4 Å². The Kier molecular flexibility index (Phi) is 5.65. The highest BCUT2D eigenvalue weighted by atomic mass is 32.1. The van der Waals surface area contributed by atoms with E-state index in [1.807, 2.05) is 17.5 Å². The summed E-state index contributed by atoms with van der Waals surface area (Å²) in [5.74, 6) is -0.0920. The Balaban J connectivity index is 1.58. The zero-order valence-electron chi connectivity index (χ0n) is 14.2. The third-order valence-corrected chi connectivity index (χ3v) is 5.00. The molecule has 6 nitrogen and oxygen atoms in total. The Morgan fingerprint density at radius 1 is 1.28 bits per heavy atom. The van der Waals surface area contributed by atoms with Crippen molar-refractivity contribution in [2.75, 3.05) is 31.6 Å². The lowest BCUT2D eigenvalue weighted by Gasteiger charge is -2.19. The standard InChI is InChI=1S/C18H21N3O3S/c1-20(12-14-6-5-11-25-14)16(22)13-24-18(23)15-7-4-8-19-17(15)21-9-2-3-10-21/h4-8,11H,2-3,9-10,12-13H2,1H3. The average Bonchev–Trinajstić information content (AvgIpc) is 3.33. The van der Waals surface area contributed by atoms with Gasteiger partial charge in [0.05, 0.1) is 6.54 Å². The molecule has 0 bridgehead atoms. The maximum Gasteiger partial charge on any atom is 0.342 e. The van der Waals surface area contributed by atoms with Gasteiger partial charge in [-0.3, -0.25) is 4.79 Å². The van der Waals surface area contributed by atoms with E-state index in [9.17, 15) is 9.59 Å². The molecule has 0 unspecified atom stereocenters. The van der Waals surface area contributed by atoms with E-state index < -0.39 is 5.97 Å². The minimum atomic E-state index is -0.507. The monoisotopic (exact) mass is 359 g/mol. The van der Waals surface area contributed by atoms with Gasteiger partial charge in [0, 0.05) is 31.2 Å². The zero-order chi connectivity index (χ0) is 17.6. The molecule has 0 aliphatic carbocycles. The lowest BCUT2D eigenvalue weighted by molar-refractivity contribution is -0.133. The summed E-state index contributed by atoms with van der Waals surface area (Å²) in [7, 11) is 1.70. The maximum atomic E-state index is 12.4. The molecule has 0 spiro atoms. The van der Waals surface area contributed by atoms with Gasteiger partial charge in [0.15, 0.2) is 6.61 Å². The Morgan fingerprint density at radius 2 is 2.08 bits per heavy atom. The van der Waals surface area contributed by atoms with Crippen molar-refractivity contribution in [3.8, 4) is 0 Å². The second kappa shape index (κ2) is 8.11. The summed E-state index contributed by atoms with van der Waals surface area (Å²) in [6.45, 7) is 2.02. The molecule has 1 saturated heterocycles. The molecule has 2 aromatic heterocycles. The SMILES string of the molecule is CN(Cc1cccs1)C(=O)COC(=O)c1cccnc1N1CCCC1. The van der Waals surface area contributed by atoms with Crippen LogP contribution in [0.2, 0.25) is 0 Å². The van der Waals surface area contributed by atoms with Crippen molar-refractivity contribution in [2.24, 2.45) is 0 Å². The molecule has 1 aliphatic heterocycles. The van der Waals surface area contributed by atoms with Gasteiger partial charge in [-0.15, -0.1) is 11.3 Å². The highest BCUT2D eigenvalue weighted by Crippen LogP contribution is 2.22. The van der Waals surface area contributed by atoms with Crippen molar-refractivity contribution in [3.63, 3.8) is 0 Å². The van der Waals surface area contributed by atoms with Crippen LogP contribution in [0.4, 0.5) is 5.82 Å². The van der Waals surface area contributed by atoms with Crippen molar-refractivity contribution in [3.05, 3.63) is 46.3 Å². The number of nitrogens with zero attached hydrogens (tertiary/aromatic N) is 3. The van der Waals surface area contributed by atoms with Crippen molar-refractivity contribution in [2.45, 2.75) is 19.4 Å². The Bertz CT molecular complexity index is 727. The van der Waals surface area contributed by atoms with Crippen LogP contribution in [0.5, 0.6) is 0 Å². The first-order chi connectivity index (χ1) is 12.1. The van der Waals surface area contributed by atoms with Gasteiger partial charge in [-0.2, -0.15) is 0 Å². The highest BCUT2D eigenvalue weighted by molar-refractivity contribution is 7.09. The molecule has 132 valence electrons. The minimum Gasteiger partial charge on any atom is -0.452 e. The molecule has 0 atom stereocenters. The molecule has 2 aromatic rings. The number of thiophene rings is 1. The van der Waals surface area contributed by atoms with Crippen LogP contribution in [0.25, 0.3) is 0 Å². The van der Waals surface area contributed by atoms with E-state index in [4.69, 9.17) is 4.74 Å². The second-order valence-electron chi connectivity index (χ2n) is 5.97. The molecule has 7 heteroatoms. The summed E-state index contributed by atoms with van der Waals surface area (Å²) in [6, 6.07) is 7.32. The van der Waals surface area contributed by atoms with Crippen LogP contribution in [0.1, 0.15) is 28.1 Å². The van der Waals surface area contributed by atoms with E-state index in [0.29, 0.717) is 17.9 Å². The number of carbonyl (C=O) groups excluding carboxylic acids is 2. The third kappa shape index (κ3) is 4.36. The average molecular weight is 359 g/mol. The molecule has 3 heterocycles. The van der Waals surface area contributed by atoms with Crippen LogP contribution < -0.4 is 4.90 Å². The van der Waals surface area contributed by atoms with Crippen LogP contribution in [0.15, 0.2) is 35.8 Å². The minimum absolute atomic E-state index is 0.228. The van der Waals surface area contributed by atoms with Crippen LogP contribution in [0.3, 0.4) is 0 Å². The zero-order valence-corrected chi connectivity index (χ0v) is 15.0. The smallest absolute Gasteiger partial charge is 0.342 e. The molecular formula is C18H21N3O3S. The number of ether oxygens (including phenoxy) is 1. The van der Waals surface area contributed by atoms with E-state index in [-0.39, 0.29) is 12.5 Å². The van der Waals surface area contributed by atoms with Gasteiger partial charge in [-0.25, -0.2) is 9.78 Å². The van der Waals surface area contributed by atoms with E-state index in [1.54, 1.807) is 41.6 Å². The van der Waals surface area contributed by atoms with E-state index >= 15 is 0 Å².